The van der Waals surface area contributed by atoms with E-state index in [9.17, 15) is 4.79 Å². The molecule has 0 spiro atoms. The Morgan fingerprint density at radius 2 is 1.76 bits per heavy atom. The number of benzene rings is 3. The zero-order valence-corrected chi connectivity index (χ0v) is 16.8. The second-order valence-corrected chi connectivity index (χ2v) is 7.20. The van der Waals surface area contributed by atoms with E-state index in [-0.39, 0.29) is 5.82 Å². The van der Waals surface area contributed by atoms with Gasteiger partial charge >= 0.3 is 0 Å². The number of nitrogens with one attached hydrogen (secondary N) is 1. The minimum Gasteiger partial charge on any atom is -0.319 e. The van der Waals surface area contributed by atoms with Crippen LogP contribution in [0.4, 0.5) is 5.69 Å². The van der Waals surface area contributed by atoms with Gasteiger partial charge in [0.25, 0.3) is 5.91 Å². The van der Waals surface area contributed by atoms with E-state index in [0.717, 1.165) is 22.4 Å². The van der Waals surface area contributed by atoms with Crippen molar-refractivity contribution in [3.8, 4) is 17.1 Å². The largest absolute Gasteiger partial charge is 0.319 e. The number of nitrogens with zero attached hydrogens (tertiary/aromatic N) is 3. The summed E-state index contributed by atoms with van der Waals surface area (Å²) in [6.07, 6.45) is 0. The predicted octanol–water partition coefficient (Wildman–Crippen LogP) is 5.46. The van der Waals surface area contributed by atoms with E-state index in [1.165, 1.54) is 0 Å². The Morgan fingerprint density at radius 1 is 0.966 bits per heavy atom. The van der Waals surface area contributed by atoms with Crippen molar-refractivity contribution in [1.29, 1.82) is 0 Å². The maximum Gasteiger partial charge on any atom is 0.295 e. The summed E-state index contributed by atoms with van der Waals surface area (Å²) in [7, 11) is 0. The Bertz CT molecular complexity index is 1180. The van der Waals surface area contributed by atoms with E-state index in [4.69, 9.17) is 11.6 Å². The molecule has 0 fully saturated rings. The number of carbonyl (C=O) groups excluding carboxylic acids is 1. The summed E-state index contributed by atoms with van der Waals surface area (Å²) >= 11 is 6.16. The molecule has 4 aromatic rings. The van der Waals surface area contributed by atoms with Crippen molar-refractivity contribution in [2.24, 2.45) is 0 Å². The molecule has 1 aromatic heterocycles. The van der Waals surface area contributed by atoms with Crippen molar-refractivity contribution in [2.45, 2.75) is 13.8 Å². The fourth-order valence-electron chi connectivity index (χ4n) is 2.98. The van der Waals surface area contributed by atoms with Gasteiger partial charge in [-0.25, -0.2) is 9.67 Å². The first-order valence-corrected chi connectivity index (χ1v) is 9.56. The van der Waals surface area contributed by atoms with Crippen molar-refractivity contribution < 1.29 is 4.79 Å². The van der Waals surface area contributed by atoms with Crippen molar-refractivity contribution in [2.75, 3.05) is 5.32 Å². The van der Waals surface area contributed by atoms with Gasteiger partial charge in [0, 0.05) is 16.3 Å². The first kappa shape index (κ1) is 18.9. The standard InChI is InChI=1S/C23H19ClN4O/c1-15-7-6-10-19(13-15)28-22(17-8-4-3-5-9-17)26-21(27-28)23(29)25-18-12-11-16(2)20(24)14-18/h3-14H,1-2H3,(H,25,29). The minimum atomic E-state index is -0.395. The normalized spacial score (nSPS) is 10.7. The van der Waals surface area contributed by atoms with Crippen molar-refractivity contribution in [3.05, 3.63) is 94.8 Å². The van der Waals surface area contributed by atoms with Crippen LogP contribution in [0.15, 0.2) is 72.8 Å². The van der Waals surface area contributed by atoms with Crippen LogP contribution in [0.2, 0.25) is 5.02 Å². The van der Waals surface area contributed by atoms with Crippen LogP contribution in [-0.2, 0) is 0 Å². The van der Waals surface area contributed by atoms with Gasteiger partial charge in [-0.15, -0.1) is 5.10 Å². The second-order valence-electron chi connectivity index (χ2n) is 6.79. The van der Waals surface area contributed by atoms with Crippen LogP contribution < -0.4 is 5.32 Å². The smallest absolute Gasteiger partial charge is 0.295 e. The minimum absolute atomic E-state index is 0.0852. The number of rotatable bonds is 4. The molecule has 1 N–H and O–H groups in total. The van der Waals surface area contributed by atoms with E-state index in [2.05, 4.69) is 15.4 Å². The van der Waals surface area contributed by atoms with Gasteiger partial charge in [-0.05, 0) is 49.2 Å². The summed E-state index contributed by atoms with van der Waals surface area (Å²) < 4.78 is 1.69. The number of amides is 1. The molecule has 0 aliphatic heterocycles. The maximum atomic E-state index is 12.8. The molecule has 1 heterocycles. The quantitative estimate of drug-likeness (QED) is 0.493. The van der Waals surface area contributed by atoms with Crippen LogP contribution in [0.3, 0.4) is 0 Å². The number of hydrogen-bond acceptors (Lipinski definition) is 3. The van der Waals surface area contributed by atoms with Gasteiger partial charge in [0.05, 0.1) is 5.69 Å². The van der Waals surface area contributed by atoms with Crippen LogP contribution in [0.25, 0.3) is 17.1 Å². The number of carbonyl (C=O) groups is 1. The molecule has 1 amide bonds. The summed E-state index contributed by atoms with van der Waals surface area (Å²) in [6.45, 7) is 3.92. The zero-order valence-electron chi connectivity index (χ0n) is 16.1. The average molecular weight is 403 g/mol. The van der Waals surface area contributed by atoms with E-state index in [1.54, 1.807) is 16.8 Å². The first-order valence-electron chi connectivity index (χ1n) is 9.18. The lowest BCUT2D eigenvalue weighted by atomic mass is 10.2. The zero-order chi connectivity index (χ0) is 20.4. The van der Waals surface area contributed by atoms with Gasteiger partial charge in [0.15, 0.2) is 5.82 Å². The molecule has 6 heteroatoms. The lowest BCUT2D eigenvalue weighted by Crippen LogP contribution is -2.14. The second kappa shape index (κ2) is 7.89. The number of aromatic nitrogens is 3. The average Bonchev–Trinajstić information content (AvgIpc) is 3.17. The highest BCUT2D eigenvalue weighted by Crippen LogP contribution is 2.23. The third-order valence-corrected chi connectivity index (χ3v) is 4.93. The lowest BCUT2D eigenvalue weighted by Gasteiger charge is -2.06. The fraction of sp³-hybridized carbons (Fsp3) is 0.0870. The molecular weight excluding hydrogens is 384 g/mol. The molecule has 0 saturated heterocycles. The highest BCUT2D eigenvalue weighted by molar-refractivity contribution is 6.31. The SMILES string of the molecule is Cc1cccc(-n2nc(C(=O)Nc3ccc(C)c(Cl)c3)nc2-c2ccccc2)c1. The van der Waals surface area contributed by atoms with Crippen molar-refractivity contribution in [3.63, 3.8) is 0 Å². The Labute approximate surface area is 174 Å². The van der Waals surface area contributed by atoms with Gasteiger partial charge in [-0.2, -0.15) is 0 Å². The summed E-state index contributed by atoms with van der Waals surface area (Å²) in [4.78, 5) is 17.3. The molecule has 144 valence electrons. The van der Waals surface area contributed by atoms with Crippen molar-refractivity contribution in [1.82, 2.24) is 14.8 Å². The van der Waals surface area contributed by atoms with E-state index >= 15 is 0 Å². The number of aryl methyl sites for hydroxylation is 2. The molecule has 29 heavy (non-hydrogen) atoms. The molecule has 0 radical (unpaired) electrons. The molecule has 0 aliphatic rings. The summed E-state index contributed by atoms with van der Waals surface area (Å²) in [6, 6.07) is 23.0. The van der Waals surface area contributed by atoms with Crippen LogP contribution >= 0.6 is 11.6 Å². The Hall–Kier alpha value is -3.44. The fourth-order valence-corrected chi connectivity index (χ4v) is 3.16. The van der Waals surface area contributed by atoms with E-state index < -0.39 is 5.91 Å². The van der Waals surface area contributed by atoms with Crippen molar-refractivity contribution >= 4 is 23.2 Å². The third-order valence-electron chi connectivity index (χ3n) is 4.52. The predicted molar refractivity (Wildman–Crippen MR) is 116 cm³/mol. The highest BCUT2D eigenvalue weighted by Gasteiger charge is 2.19. The van der Waals surface area contributed by atoms with Crippen LogP contribution in [0.1, 0.15) is 21.7 Å². The van der Waals surface area contributed by atoms with Crippen LogP contribution in [0, 0.1) is 13.8 Å². The summed E-state index contributed by atoms with van der Waals surface area (Å²) in [5, 5.41) is 7.90. The molecule has 4 rings (SSSR count). The molecule has 0 aliphatic carbocycles. The van der Waals surface area contributed by atoms with Crippen LogP contribution in [-0.4, -0.2) is 20.7 Å². The Balaban J connectivity index is 1.74. The maximum absolute atomic E-state index is 12.8. The molecule has 0 unspecified atom stereocenters. The Kier molecular flexibility index (Phi) is 5.14. The number of hydrogen-bond donors (Lipinski definition) is 1. The summed E-state index contributed by atoms with van der Waals surface area (Å²) in [5.41, 5.74) is 4.35. The first-order chi connectivity index (χ1) is 14.0. The van der Waals surface area contributed by atoms with Gasteiger partial charge in [-0.1, -0.05) is 60.1 Å². The molecular formula is C23H19ClN4O. The van der Waals surface area contributed by atoms with E-state index in [0.29, 0.717) is 16.5 Å². The third kappa shape index (κ3) is 4.05. The topological polar surface area (TPSA) is 59.8 Å². The molecule has 0 saturated carbocycles. The van der Waals surface area contributed by atoms with E-state index in [1.807, 2.05) is 74.5 Å². The monoisotopic (exact) mass is 402 g/mol. The Morgan fingerprint density at radius 3 is 2.48 bits per heavy atom. The lowest BCUT2D eigenvalue weighted by molar-refractivity contribution is 0.101. The molecule has 0 bridgehead atoms. The van der Waals surface area contributed by atoms with Crippen LogP contribution in [0.5, 0.6) is 0 Å². The molecule has 0 atom stereocenters. The molecule has 3 aromatic carbocycles. The summed E-state index contributed by atoms with van der Waals surface area (Å²) in [5.74, 6) is 0.291. The number of anilines is 1. The van der Waals surface area contributed by atoms with Gasteiger partial charge in [0.2, 0.25) is 5.82 Å². The number of halogens is 1. The van der Waals surface area contributed by atoms with Gasteiger partial charge in [-0.3, -0.25) is 4.79 Å². The molecule has 5 nitrogen and oxygen atoms in total. The van der Waals surface area contributed by atoms with Gasteiger partial charge in [0.1, 0.15) is 0 Å². The van der Waals surface area contributed by atoms with Gasteiger partial charge < -0.3 is 5.32 Å². The highest BCUT2D eigenvalue weighted by atomic mass is 35.5.